The summed E-state index contributed by atoms with van der Waals surface area (Å²) in [7, 11) is 0. The zero-order valence-corrected chi connectivity index (χ0v) is 13.0. The molecule has 0 aliphatic carbocycles. The number of carbonyl (C=O) groups excluding carboxylic acids is 1. The maximum atomic E-state index is 12.6. The SMILES string of the molecule is CCCOCCN(C(=O)C(CC)CC)c1ccccc1. The average Bonchev–Trinajstić information content (AvgIpc) is 2.49. The van der Waals surface area contributed by atoms with Crippen molar-refractivity contribution in [3.05, 3.63) is 30.3 Å². The van der Waals surface area contributed by atoms with Crippen LogP contribution in [0.2, 0.25) is 0 Å². The van der Waals surface area contributed by atoms with E-state index in [1.54, 1.807) is 0 Å². The smallest absolute Gasteiger partial charge is 0.230 e. The highest BCUT2D eigenvalue weighted by Crippen LogP contribution is 2.19. The molecule has 1 aromatic rings. The number of benzene rings is 1. The summed E-state index contributed by atoms with van der Waals surface area (Å²) in [6.07, 6.45) is 2.77. The maximum absolute atomic E-state index is 12.6. The zero-order chi connectivity index (χ0) is 14.8. The van der Waals surface area contributed by atoms with E-state index >= 15 is 0 Å². The first-order valence-corrected chi connectivity index (χ1v) is 7.68. The standard InChI is InChI=1S/C17H27NO2/c1-4-13-20-14-12-18(16-10-8-7-9-11-16)17(19)15(5-2)6-3/h7-11,15H,4-6,12-14H2,1-3H3. The van der Waals surface area contributed by atoms with Gasteiger partial charge in [-0.3, -0.25) is 4.79 Å². The Morgan fingerprint density at radius 3 is 2.30 bits per heavy atom. The summed E-state index contributed by atoms with van der Waals surface area (Å²) in [6.45, 7) is 8.20. The number of ether oxygens (including phenoxy) is 1. The van der Waals surface area contributed by atoms with E-state index in [0.717, 1.165) is 31.6 Å². The highest BCUT2D eigenvalue weighted by atomic mass is 16.5. The minimum atomic E-state index is 0.0985. The minimum Gasteiger partial charge on any atom is -0.380 e. The second-order valence-electron chi connectivity index (χ2n) is 4.95. The van der Waals surface area contributed by atoms with Gasteiger partial charge in [-0.2, -0.15) is 0 Å². The van der Waals surface area contributed by atoms with Crippen molar-refractivity contribution in [2.75, 3.05) is 24.7 Å². The van der Waals surface area contributed by atoms with Crippen molar-refractivity contribution >= 4 is 11.6 Å². The molecular weight excluding hydrogens is 250 g/mol. The molecule has 3 heteroatoms. The number of hydrogen-bond donors (Lipinski definition) is 0. The van der Waals surface area contributed by atoms with Gasteiger partial charge in [0.2, 0.25) is 5.91 Å². The molecule has 3 nitrogen and oxygen atoms in total. The lowest BCUT2D eigenvalue weighted by atomic mass is 10.0. The molecule has 0 N–H and O–H groups in total. The lowest BCUT2D eigenvalue weighted by Crippen LogP contribution is -2.38. The third-order valence-electron chi connectivity index (χ3n) is 3.48. The third-order valence-corrected chi connectivity index (χ3v) is 3.48. The fourth-order valence-corrected chi connectivity index (χ4v) is 2.24. The van der Waals surface area contributed by atoms with E-state index in [0.29, 0.717) is 13.2 Å². The molecule has 0 saturated carbocycles. The quantitative estimate of drug-likeness (QED) is 0.641. The van der Waals surface area contributed by atoms with Crippen LogP contribution in [0.5, 0.6) is 0 Å². The van der Waals surface area contributed by atoms with E-state index in [4.69, 9.17) is 4.74 Å². The molecule has 0 atom stereocenters. The second kappa shape index (κ2) is 9.54. The molecule has 0 aromatic heterocycles. The number of anilines is 1. The number of hydrogen-bond acceptors (Lipinski definition) is 2. The zero-order valence-electron chi connectivity index (χ0n) is 13.0. The summed E-state index contributed by atoms with van der Waals surface area (Å²) < 4.78 is 5.54. The van der Waals surface area contributed by atoms with Crippen LogP contribution in [-0.4, -0.2) is 25.7 Å². The number of amides is 1. The highest BCUT2D eigenvalue weighted by molar-refractivity contribution is 5.94. The summed E-state index contributed by atoms with van der Waals surface area (Å²) in [6, 6.07) is 9.88. The van der Waals surface area contributed by atoms with Gasteiger partial charge in [0.1, 0.15) is 0 Å². The van der Waals surface area contributed by atoms with Crippen LogP contribution in [0.1, 0.15) is 40.0 Å². The molecule has 0 radical (unpaired) electrons. The van der Waals surface area contributed by atoms with Crippen molar-refractivity contribution in [1.29, 1.82) is 0 Å². The van der Waals surface area contributed by atoms with Crippen LogP contribution in [0.3, 0.4) is 0 Å². The van der Waals surface area contributed by atoms with Crippen LogP contribution in [0, 0.1) is 5.92 Å². The average molecular weight is 277 g/mol. The van der Waals surface area contributed by atoms with Gasteiger partial charge >= 0.3 is 0 Å². The Labute approximate surface area is 122 Å². The van der Waals surface area contributed by atoms with Gasteiger partial charge in [0.25, 0.3) is 0 Å². The molecule has 0 aliphatic heterocycles. The fourth-order valence-electron chi connectivity index (χ4n) is 2.24. The highest BCUT2D eigenvalue weighted by Gasteiger charge is 2.22. The van der Waals surface area contributed by atoms with Crippen LogP contribution in [0.4, 0.5) is 5.69 Å². The Morgan fingerprint density at radius 2 is 1.75 bits per heavy atom. The molecule has 0 spiro atoms. The number of rotatable bonds is 9. The molecule has 0 aliphatic rings. The van der Waals surface area contributed by atoms with Crippen molar-refractivity contribution in [1.82, 2.24) is 0 Å². The van der Waals surface area contributed by atoms with Gasteiger partial charge in [-0.15, -0.1) is 0 Å². The maximum Gasteiger partial charge on any atom is 0.230 e. The van der Waals surface area contributed by atoms with Crippen LogP contribution in [0.15, 0.2) is 30.3 Å². The van der Waals surface area contributed by atoms with Crippen molar-refractivity contribution in [3.63, 3.8) is 0 Å². The summed E-state index contributed by atoms with van der Waals surface area (Å²) in [4.78, 5) is 14.5. The van der Waals surface area contributed by atoms with E-state index in [1.807, 2.05) is 35.2 Å². The third kappa shape index (κ3) is 4.97. The van der Waals surface area contributed by atoms with E-state index in [1.165, 1.54) is 0 Å². The number of para-hydroxylation sites is 1. The van der Waals surface area contributed by atoms with Crippen LogP contribution >= 0.6 is 0 Å². The van der Waals surface area contributed by atoms with E-state index in [9.17, 15) is 4.79 Å². The summed E-state index contributed by atoms with van der Waals surface area (Å²) in [5, 5.41) is 0. The minimum absolute atomic E-state index is 0.0985. The Balaban J connectivity index is 2.76. The number of carbonyl (C=O) groups is 1. The van der Waals surface area contributed by atoms with Gasteiger partial charge in [-0.05, 0) is 31.4 Å². The Kier molecular flexibility index (Phi) is 7.97. The first-order chi connectivity index (χ1) is 9.74. The fraction of sp³-hybridized carbons (Fsp3) is 0.588. The predicted molar refractivity (Wildman–Crippen MR) is 84.0 cm³/mol. The van der Waals surface area contributed by atoms with E-state index < -0.39 is 0 Å². The Bertz CT molecular complexity index is 374. The van der Waals surface area contributed by atoms with Crippen molar-refractivity contribution < 1.29 is 9.53 Å². The molecule has 0 bridgehead atoms. The molecule has 20 heavy (non-hydrogen) atoms. The van der Waals surface area contributed by atoms with Crippen molar-refractivity contribution in [3.8, 4) is 0 Å². The van der Waals surface area contributed by atoms with Crippen molar-refractivity contribution in [2.45, 2.75) is 40.0 Å². The summed E-state index contributed by atoms with van der Waals surface area (Å²) >= 11 is 0. The molecule has 0 fully saturated rings. The normalized spacial score (nSPS) is 10.8. The molecule has 0 saturated heterocycles. The van der Waals surface area contributed by atoms with Crippen molar-refractivity contribution in [2.24, 2.45) is 5.92 Å². The molecule has 0 heterocycles. The predicted octanol–water partition coefficient (Wildman–Crippen LogP) is 3.88. The van der Waals surface area contributed by atoms with Gasteiger partial charge in [-0.1, -0.05) is 39.0 Å². The van der Waals surface area contributed by atoms with Gasteiger partial charge in [0, 0.05) is 24.8 Å². The topological polar surface area (TPSA) is 29.5 Å². The first kappa shape index (κ1) is 16.7. The second-order valence-corrected chi connectivity index (χ2v) is 4.95. The molecule has 1 amide bonds. The lowest BCUT2D eigenvalue weighted by Gasteiger charge is -2.26. The van der Waals surface area contributed by atoms with Gasteiger partial charge in [0.15, 0.2) is 0 Å². The largest absolute Gasteiger partial charge is 0.380 e. The lowest BCUT2D eigenvalue weighted by molar-refractivity contribution is -0.122. The molecule has 1 aromatic carbocycles. The molecule has 112 valence electrons. The molecule has 1 rings (SSSR count). The summed E-state index contributed by atoms with van der Waals surface area (Å²) in [5.41, 5.74) is 0.962. The Hall–Kier alpha value is -1.35. The number of nitrogens with zero attached hydrogens (tertiary/aromatic N) is 1. The molecule has 0 unspecified atom stereocenters. The first-order valence-electron chi connectivity index (χ1n) is 7.68. The van der Waals surface area contributed by atoms with Gasteiger partial charge in [0.05, 0.1) is 6.61 Å². The monoisotopic (exact) mass is 277 g/mol. The van der Waals surface area contributed by atoms with Crippen LogP contribution < -0.4 is 4.90 Å². The molecular formula is C17H27NO2. The van der Waals surface area contributed by atoms with E-state index in [2.05, 4.69) is 20.8 Å². The van der Waals surface area contributed by atoms with Gasteiger partial charge < -0.3 is 9.64 Å². The van der Waals surface area contributed by atoms with Gasteiger partial charge in [-0.25, -0.2) is 0 Å². The summed E-state index contributed by atoms with van der Waals surface area (Å²) in [5.74, 6) is 0.308. The Morgan fingerprint density at radius 1 is 1.10 bits per heavy atom. The van der Waals surface area contributed by atoms with Crippen LogP contribution in [-0.2, 0) is 9.53 Å². The van der Waals surface area contributed by atoms with Crippen LogP contribution in [0.25, 0.3) is 0 Å². The van der Waals surface area contributed by atoms with E-state index in [-0.39, 0.29) is 11.8 Å².